The number of aliphatic imine (C=N–C) groups is 1. The molecule has 158 valence electrons. The number of nitrogens with zero attached hydrogens (tertiary/aromatic N) is 1. The van der Waals surface area contributed by atoms with Gasteiger partial charge in [-0.3, -0.25) is 9.79 Å². The number of hydrogen-bond donors (Lipinski definition) is 3. The quantitative estimate of drug-likeness (QED) is 0.218. The smallest absolute Gasteiger partial charge is 0.239 e. The minimum atomic E-state index is -0.0893. The van der Waals surface area contributed by atoms with Gasteiger partial charge in [0.15, 0.2) is 5.96 Å². The van der Waals surface area contributed by atoms with Crippen LogP contribution < -0.4 is 16.0 Å². The van der Waals surface area contributed by atoms with Gasteiger partial charge in [-0.2, -0.15) is 0 Å². The van der Waals surface area contributed by atoms with Crippen molar-refractivity contribution in [2.45, 2.75) is 25.9 Å². The van der Waals surface area contributed by atoms with Crippen LogP contribution in [0.4, 0.5) is 0 Å². The highest BCUT2D eigenvalue weighted by Crippen LogP contribution is 2.33. The molecule has 1 fully saturated rings. The molecular weight excluding hydrogens is 471 g/mol. The SMILES string of the molecule is CN=C(NCC(=O)NCCOC)NCC1CCCOC1c1ccc(C)cc1.I. The predicted molar refractivity (Wildman–Crippen MR) is 122 cm³/mol. The monoisotopic (exact) mass is 504 g/mol. The fourth-order valence-electron chi connectivity index (χ4n) is 3.14. The molecule has 1 amide bonds. The van der Waals surface area contributed by atoms with Crippen molar-refractivity contribution in [3.63, 3.8) is 0 Å². The van der Waals surface area contributed by atoms with Gasteiger partial charge in [-0.25, -0.2) is 0 Å². The van der Waals surface area contributed by atoms with Gasteiger partial charge >= 0.3 is 0 Å². The third-order valence-electron chi connectivity index (χ3n) is 4.65. The van der Waals surface area contributed by atoms with Crippen LogP contribution in [0.1, 0.15) is 30.1 Å². The Bertz CT molecular complexity index is 610. The first kappa shape index (κ1) is 24.6. The first-order valence-electron chi connectivity index (χ1n) is 9.52. The van der Waals surface area contributed by atoms with Gasteiger partial charge in [-0.05, 0) is 25.3 Å². The second kappa shape index (κ2) is 13.7. The van der Waals surface area contributed by atoms with E-state index in [2.05, 4.69) is 52.1 Å². The first-order chi connectivity index (χ1) is 13.1. The zero-order valence-corrected chi connectivity index (χ0v) is 19.3. The van der Waals surface area contributed by atoms with E-state index in [1.165, 1.54) is 11.1 Å². The summed E-state index contributed by atoms with van der Waals surface area (Å²) in [5.74, 6) is 0.884. The van der Waals surface area contributed by atoms with Crippen LogP contribution in [-0.4, -0.2) is 58.9 Å². The van der Waals surface area contributed by atoms with E-state index >= 15 is 0 Å². The van der Waals surface area contributed by atoms with Crippen LogP contribution in [0.2, 0.25) is 0 Å². The summed E-state index contributed by atoms with van der Waals surface area (Å²) in [4.78, 5) is 16.0. The number of carbonyl (C=O) groups excluding carboxylic acids is 1. The third kappa shape index (κ3) is 8.32. The first-order valence-corrected chi connectivity index (χ1v) is 9.52. The average Bonchev–Trinajstić information content (AvgIpc) is 2.69. The molecule has 1 saturated heterocycles. The Labute approximate surface area is 185 Å². The largest absolute Gasteiger partial charge is 0.383 e. The Morgan fingerprint density at radius 3 is 2.68 bits per heavy atom. The molecule has 28 heavy (non-hydrogen) atoms. The molecule has 7 nitrogen and oxygen atoms in total. The summed E-state index contributed by atoms with van der Waals surface area (Å²) in [6, 6.07) is 8.55. The molecule has 2 unspecified atom stereocenters. The molecule has 0 radical (unpaired) electrons. The predicted octanol–water partition coefficient (Wildman–Crippen LogP) is 2.01. The van der Waals surface area contributed by atoms with Crippen molar-refractivity contribution in [3.05, 3.63) is 35.4 Å². The van der Waals surface area contributed by atoms with Crippen molar-refractivity contribution in [1.82, 2.24) is 16.0 Å². The number of hydrogen-bond acceptors (Lipinski definition) is 4. The molecule has 0 aliphatic carbocycles. The lowest BCUT2D eigenvalue weighted by molar-refractivity contribution is -0.120. The minimum Gasteiger partial charge on any atom is -0.383 e. The lowest BCUT2D eigenvalue weighted by Crippen LogP contribution is -2.45. The number of carbonyl (C=O) groups is 1. The summed E-state index contributed by atoms with van der Waals surface area (Å²) in [7, 11) is 3.31. The van der Waals surface area contributed by atoms with Gasteiger partial charge in [0.1, 0.15) is 0 Å². The van der Waals surface area contributed by atoms with Crippen LogP contribution in [0, 0.1) is 12.8 Å². The Balaban J connectivity index is 0.00000392. The molecular formula is C20H33IN4O3. The van der Waals surface area contributed by atoms with Crippen molar-refractivity contribution in [2.75, 3.05) is 47.0 Å². The lowest BCUT2D eigenvalue weighted by Gasteiger charge is -2.32. The van der Waals surface area contributed by atoms with Crippen molar-refractivity contribution in [1.29, 1.82) is 0 Å². The number of rotatable bonds is 8. The highest BCUT2D eigenvalue weighted by atomic mass is 127. The number of guanidine groups is 1. The molecule has 8 heteroatoms. The third-order valence-corrected chi connectivity index (χ3v) is 4.65. The molecule has 0 aromatic heterocycles. The molecule has 1 aliphatic rings. The zero-order valence-electron chi connectivity index (χ0n) is 17.0. The van der Waals surface area contributed by atoms with E-state index in [-0.39, 0.29) is 42.5 Å². The summed E-state index contributed by atoms with van der Waals surface area (Å²) in [5, 5.41) is 9.14. The van der Waals surface area contributed by atoms with Crippen LogP contribution in [0.3, 0.4) is 0 Å². The maximum absolute atomic E-state index is 11.8. The second-order valence-corrected chi connectivity index (χ2v) is 6.75. The molecule has 1 aliphatic heterocycles. The van der Waals surface area contributed by atoms with Crippen LogP contribution in [0.25, 0.3) is 0 Å². The van der Waals surface area contributed by atoms with Crippen LogP contribution in [-0.2, 0) is 14.3 Å². The number of halogens is 1. The Morgan fingerprint density at radius 1 is 1.25 bits per heavy atom. The fourth-order valence-corrected chi connectivity index (χ4v) is 3.14. The molecule has 1 heterocycles. The summed E-state index contributed by atoms with van der Waals surface area (Å²) < 4.78 is 11.0. The van der Waals surface area contributed by atoms with Crippen molar-refractivity contribution in [3.8, 4) is 0 Å². The van der Waals surface area contributed by atoms with Crippen LogP contribution in [0.5, 0.6) is 0 Å². The van der Waals surface area contributed by atoms with Crippen LogP contribution >= 0.6 is 24.0 Å². The number of methoxy groups -OCH3 is 1. The van der Waals surface area contributed by atoms with E-state index in [4.69, 9.17) is 9.47 Å². The Kier molecular flexibility index (Phi) is 12.1. The number of aryl methyl sites for hydroxylation is 1. The van der Waals surface area contributed by atoms with Crippen molar-refractivity contribution in [2.24, 2.45) is 10.9 Å². The minimum absolute atomic E-state index is 0. The van der Waals surface area contributed by atoms with Gasteiger partial charge in [-0.1, -0.05) is 29.8 Å². The van der Waals surface area contributed by atoms with E-state index in [1.807, 2.05) is 0 Å². The molecule has 2 rings (SSSR count). The standard InChI is InChI=1S/C20H32N4O3.HI/c1-15-6-8-16(9-7-15)19-17(5-4-11-27-19)13-23-20(21-2)24-14-18(25)22-10-12-26-3;/h6-9,17,19H,4-5,10-14H2,1-3H3,(H,22,25)(H2,21,23,24);1H. The fraction of sp³-hybridized carbons (Fsp3) is 0.600. The summed E-state index contributed by atoms with van der Waals surface area (Å²) in [6.45, 7) is 4.80. The second-order valence-electron chi connectivity index (χ2n) is 6.75. The number of amides is 1. The van der Waals surface area contributed by atoms with E-state index in [0.29, 0.717) is 25.0 Å². The van der Waals surface area contributed by atoms with Gasteiger partial charge in [-0.15, -0.1) is 24.0 Å². The van der Waals surface area contributed by atoms with E-state index in [0.717, 1.165) is 26.0 Å². The Hall–Kier alpha value is -1.39. The van der Waals surface area contributed by atoms with Gasteiger partial charge in [0, 0.05) is 39.8 Å². The zero-order chi connectivity index (χ0) is 19.5. The summed E-state index contributed by atoms with van der Waals surface area (Å²) in [6.07, 6.45) is 2.24. The normalized spacial score (nSPS) is 19.5. The summed E-state index contributed by atoms with van der Waals surface area (Å²) >= 11 is 0. The molecule has 1 aromatic rings. The molecule has 1 aromatic carbocycles. The lowest BCUT2D eigenvalue weighted by atomic mass is 9.89. The van der Waals surface area contributed by atoms with E-state index in [9.17, 15) is 4.79 Å². The number of ether oxygens (including phenoxy) is 2. The number of nitrogens with one attached hydrogen (secondary N) is 3. The molecule has 0 spiro atoms. The van der Waals surface area contributed by atoms with E-state index in [1.54, 1.807) is 14.2 Å². The molecule has 0 saturated carbocycles. The van der Waals surface area contributed by atoms with Gasteiger partial charge in [0.2, 0.25) is 5.91 Å². The van der Waals surface area contributed by atoms with Gasteiger partial charge < -0.3 is 25.4 Å². The number of benzene rings is 1. The summed E-state index contributed by atoms with van der Waals surface area (Å²) in [5.41, 5.74) is 2.46. The topological polar surface area (TPSA) is 84.0 Å². The Morgan fingerprint density at radius 2 is 2.00 bits per heavy atom. The molecule has 0 bridgehead atoms. The van der Waals surface area contributed by atoms with E-state index < -0.39 is 0 Å². The maximum Gasteiger partial charge on any atom is 0.239 e. The average molecular weight is 504 g/mol. The van der Waals surface area contributed by atoms with Crippen molar-refractivity contribution < 1.29 is 14.3 Å². The van der Waals surface area contributed by atoms with Crippen molar-refractivity contribution >= 4 is 35.8 Å². The highest BCUT2D eigenvalue weighted by molar-refractivity contribution is 14.0. The van der Waals surface area contributed by atoms with Gasteiger partial charge in [0.05, 0.1) is 19.3 Å². The van der Waals surface area contributed by atoms with Gasteiger partial charge in [0.25, 0.3) is 0 Å². The highest BCUT2D eigenvalue weighted by Gasteiger charge is 2.27. The molecule has 3 N–H and O–H groups in total. The maximum atomic E-state index is 11.8. The van der Waals surface area contributed by atoms with Crippen LogP contribution in [0.15, 0.2) is 29.3 Å². The molecule has 2 atom stereocenters.